The number of aryl methyl sites for hydroxylation is 1. The van der Waals surface area contributed by atoms with E-state index in [1.54, 1.807) is 6.07 Å². The Hall–Kier alpha value is -1.91. The summed E-state index contributed by atoms with van der Waals surface area (Å²) in [6.07, 6.45) is 0.281. The number of nitrogens with two attached hydrogens (primary N) is 1. The van der Waals surface area contributed by atoms with Crippen molar-refractivity contribution in [2.24, 2.45) is 5.73 Å². The Balaban J connectivity index is 2.01. The van der Waals surface area contributed by atoms with Gasteiger partial charge in [-0.05, 0) is 30.2 Å². The van der Waals surface area contributed by atoms with Crippen LogP contribution in [0.25, 0.3) is 0 Å². The molecule has 0 fully saturated rings. The van der Waals surface area contributed by atoms with Crippen LogP contribution < -0.4 is 11.1 Å². The maximum atomic E-state index is 12.0. The van der Waals surface area contributed by atoms with E-state index in [1.165, 1.54) is 0 Å². The van der Waals surface area contributed by atoms with Crippen LogP contribution in [0.2, 0.25) is 5.02 Å². The van der Waals surface area contributed by atoms with Gasteiger partial charge in [0.1, 0.15) is 4.99 Å². The van der Waals surface area contributed by atoms with Crippen molar-refractivity contribution >= 4 is 40.4 Å². The van der Waals surface area contributed by atoms with Crippen molar-refractivity contribution in [1.29, 1.82) is 0 Å². The van der Waals surface area contributed by atoms with Crippen molar-refractivity contribution in [3.8, 4) is 0 Å². The fourth-order valence-corrected chi connectivity index (χ4v) is 2.16. The number of amides is 1. The highest BCUT2D eigenvalue weighted by molar-refractivity contribution is 7.80. The van der Waals surface area contributed by atoms with E-state index in [0.717, 1.165) is 16.7 Å². The molecule has 3 N–H and O–H groups in total. The third-order valence-corrected chi connectivity index (χ3v) is 3.70. The van der Waals surface area contributed by atoms with Crippen LogP contribution in [0.4, 0.5) is 5.69 Å². The molecule has 0 bridgehead atoms. The van der Waals surface area contributed by atoms with E-state index < -0.39 is 0 Å². The molecular weight excluding hydrogens is 304 g/mol. The summed E-state index contributed by atoms with van der Waals surface area (Å²) in [4.78, 5) is 12.3. The lowest BCUT2D eigenvalue weighted by molar-refractivity contribution is -0.115. The zero-order valence-corrected chi connectivity index (χ0v) is 13.1. The number of carbonyl (C=O) groups excluding carboxylic acids is 1. The molecule has 1 amide bonds. The van der Waals surface area contributed by atoms with Crippen molar-refractivity contribution in [2.45, 2.75) is 13.3 Å². The highest BCUT2D eigenvalue weighted by Crippen LogP contribution is 2.20. The summed E-state index contributed by atoms with van der Waals surface area (Å²) >= 11 is 10.9. The van der Waals surface area contributed by atoms with E-state index >= 15 is 0 Å². The van der Waals surface area contributed by atoms with Gasteiger partial charge in [-0.25, -0.2) is 0 Å². The van der Waals surface area contributed by atoms with Gasteiger partial charge in [0, 0.05) is 16.3 Å². The number of nitrogens with one attached hydrogen (secondary N) is 1. The molecule has 0 atom stereocenters. The fraction of sp³-hybridized carbons (Fsp3) is 0.125. The number of hydrogen-bond donors (Lipinski definition) is 2. The molecule has 0 aliphatic rings. The molecule has 0 aromatic heterocycles. The number of benzene rings is 2. The second kappa shape index (κ2) is 6.70. The van der Waals surface area contributed by atoms with E-state index in [2.05, 4.69) is 5.32 Å². The third kappa shape index (κ3) is 4.28. The van der Waals surface area contributed by atoms with Crippen LogP contribution in [-0.4, -0.2) is 10.9 Å². The highest BCUT2D eigenvalue weighted by atomic mass is 35.5. The monoisotopic (exact) mass is 318 g/mol. The first kappa shape index (κ1) is 15.5. The van der Waals surface area contributed by atoms with Crippen LogP contribution in [0.3, 0.4) is 0 Å². The summed E-state index contributed by atoms with van der Waals surface area (Å²) in [6.45, 7) is 1.91. The van der Waals surface area contributed by atoms with Gasteiger partial charge in [0.2, 0.25) is 5.91 Å². The van der Waals surface area contributed by atoms with Crippen LogP contribution in [0.1, 0.15) is 16.7 Å². The summed E-state index contributed by atoms with van der Waals surface area (Å²) < 4.78 is 0. The smallest absolute Gasteiger partial charge is 0.228 e. The van der Waals surface area contributed by atoms with Crippen LogP contribution in [0.5, 0.6) is 0 Å². The Morgan fingerprint density at radius 2 is 1.90 bits per heavy atom. The van der Waals surface area contributed by atoms with Crippen molar-refractivity contribution in [3.63, 3.8) is 0 Å². The minimum absolute atomic E-state index is 0.0991. The van der Waals surface area contributed by atoms with Gasteiger partial charge in [0.25, 0.3) is 0 Å². The standard InChI is InChI=1S/C16H15ClN2OS/c1-10-2-7-13(9-14(10)17)19-15(20)8-11-3-5-12(6-4-11)16(18)21/h2-7,9H,8H2,1H3,(H2,18,21)(H,19,20). The van der Waals surface area contributed by atoms with Crippen molar-refractivity contribution in [2.75, 3.05) is 5.32 Å². The number of rotatable bonds is 4. The largest absolute Gasteiger partial charge is 0.389 e. The van der Waals surface area contributed by atoms with Crippen LogP contribution in [0.15, 0.2) is 42.5 Å². The topological polar surface area (TPSA) is 55.1 Å². The molecule has 0 heterocycles. The number of hydrogen-bond acceptors (Lipinski definition) is 2. The molecule has 5 heteroatoms. The number of anilines is 1. The number of carbonyl (C=O) groups is 1. The first-order valence-electron chi connectivity index (χ1n) is 6.40. The van der Waals surface area contributed by atoms with Crippen molar-refractivity contribution in [3.05, 3.63) is 64.2 Å². The third-order valence-electron chi connectivity index (χ3n) is 3.06. The van der Waals surface area contributed by atoms with E-state index in [0.29, 0.717) is 15.7 Å². The molecule has 0 spiro atoms. The molecule has 0 saturated carbocycles. The van der Waals surface area contributed by atoms with E-state index in [4.69, 9.17) is 29.6 Å². The minimum Gasteiger partial charge on any atom is -0.389 e. The Morgan fingerprint density at radius 3 is 2.48 bits per heavy atom. The van der Waals surface area contributed by atoms with Crippen molar-refractivity contribution in [1.82, 2.24) is 0 Å². The van der Waals surface area contributed by atoms with Gasteiger partial charge < -0.3 is 11.1 Å². The van der Waals surface area contributed by atoms with Gasteiger partial charge in [0.05, 0.1) is 6.42 Å². The zero-order valence-electron chi connectivity index (χ0n) is 11.5. The Labute approximate surface area is 134 Å². The maximum Gasteiger partial charge on any atom is 0.228 e. The first-order chi connectivity index (χ1) is 9.95. The molecule has 2 aromatic carbocycles. The van der Waals surface area contributed by atoms with Crippen LogP contribution in [-0.2, 0) is 11.2 Å². The molecule has 21 heavy (non-hydrogen) atoms. The average Bonchev–Trinajstić information content (AvgIpc) is 2.43. The molecule has 108 valence electrons. The van der Waals surface area contributed by atoms with Gasteiger partial charge in [-0.1, -0.05) is 54.2 Å². The molecule has 0 radical (unpaired) electrons. The summed E-state index contributed by atoms with van der Waals surface area (Å²) in [7, 11) is 0. The highest BCUT2D eigenvalue weighted by Gasteiger charge is 2.06. The molecule has 0 saturated heterocycles. The average molecular weight is 319 g/mol. The van der Waals surface area contributed by atoms with Gasteiger partial charge in [-0.2, -0.15) is 0 Å². The SMILES string of the molecule is Cc1ccc(NC(=O)Cc2ccc(C(N)=S)cc2)cc1Cl. The second-order valence-corrected chi connectivity index (χ2v) is 5.60. The molecule has 0 aliphatic carbocycles. The van der Waals surface area contributed by atoms with E-state index in [9.17, 15) is 4.79 Å². The molecule has 2 aromatic rings. The maximum absolute atomic E-state index is 12.0. The minimum atomic E-state index is -0.0991. The van der Waals surface area contributed by atoms with Crippen LogP contribution in [0, 0.1) is 6.92 Å². The lowest BCUT2D eigenvalue weighted by Gasteiger charge is -2.07. The summed E-state index contributed by atoms with van der Waals surface area (Å²) in [5.74, 6) is -0.0991. The molecular formula is C16H15ClN2OS. The van der Waals surface area contributed by atoms with Gasteiger partial charge >= 0.3 is 0 Å². The normalized spacial score (nSPS) is 10.2. The predicted molar refractivity (Wildman–Crippen MR) is 90.9 cm³/mol. The van der Waals surface area contributed by atoms with Gasteiger partial charge in [-0.3, -0.25) is 4.79 Å². The molecule has 3 nitrogen and oxygen atoms in total. The molecule has 0 unspecified atom stereocenters. The van der Waals surface area contributed by atoms with Gasteiger partial charge in [-0.15, -0.1) is 0 Å². The molecule has 0 aliphatic heterocycles. The number of thiocarbonyl (C=S) groups is 1. The zero-order chi connectivity index (χ0) is 15.4. The second-order valence-electron chi connectivity index (χ2n) is 4.75. The van der Waals surface area contributed by atoms with Crippen LogP contribution >= 0.6 is 23.8 Å². The Morgan fingerprint density at radius 1 is 1.24 bits per heavy atom. The lowest BCUT2D eigenvalue weighted by Crippen LogP contribution is -2.15. The Bertz CT molecular complexity index is 683. The summed E-state index contributed by atoms with van der Waals surface area (Å²) in [5.41, 5.74) is 8.88. The Kier molecular flexibility index (Phi) is 4.94. The molecule has 2 rings (SSSR count). The number of halogens is 1. The van der Waals surface area contributed by atoms with Gasteiger partial charge in [0.15, 0.2) is 0 Å². The predicted octanol–water partition coefficient (Wildman–Crippen LogP) is 3.46. The van der Waals surface area contributed by atoms with E-state index in [-0.39, 0.29) is 12.3 Å². The fourth-order valence-electron chi connectivity index (χ4n) is 1.85. The summed E-state index contributed by atoms with van der Waals surface area (Å²) in [5, 5.41) is 3.45. The first-order valence-corrected chi connectivity index (χ1v) is 7.19. The van der Waals surface area contributed by atoms with E-state index in [1.807, 2.05) is 43.3 Å². The van der Waals surface area contributed by atoms with Crippen molar-refractivity contribution < 1.29 is 4.79 Å². The summed E-state index contributed by atoms with van der Waals surface area (Å²) in [6, 6.07) is 12.8. The quantitative estimate of drug-likeness (QED) is 0.849. The lowest BCUT2D eigenvalue weighted by atomic mass is 10.1.